The number of nitrogens with zero attached hydrogens (tertiary/aromatic N) is 4. The van der Waals surface area contributed by atoms with Crippen molar-refractivity contribution in [3.63, 3.8) is 0 Å². The summed E-state index contributed by atoms with van der Waals surface area (Å²) < 4.78 is 5.39. The Hall–Kier alpha value is -2.67. The molecule has 0 amide bonds. The average Bonchev–Trinajstić information content (AvgIpc) is 2.62. The van der Waals surface area contributed by atoms with Crippen molar-refractivity contribution in [3.8, 4) is 5.75 Å². The number of ether oxygens (including phenoxy) is 1. The molecule has 132 valence electrons. The Balaban J connectivity index is 1.77. The fraction of sp³-hybridized carbons (Fsp3) is 0.389. The number of nitrogens with one attached hydrogen (secondary N) is 1. The Morgan fingerprint density at radius 3 is 2.68 bits per heavy atom. The molecule has 7 nitrogen and oxygen atoms in total. The van der Waals surface area contributed by atoms with E-state index in [0.29, 0.717) is 24.9 Å². The third-order valence-electron chi connectivity index (χ3n) is 4.11. The predicted octanol–water partition coefficient (Wildman–Crippen LogP) is 2.47. The Morgan fingerprint density at radius 2 is 1.96 bits per heavy atom. The van der Waals surface area contributed by atoms with Crippen LogP contribution in [0.1, 0.15) is 23.9 Å². The van der Waals surface area contributed by atoms with Crippen LogP contribution in [0, 0.1) is 13.8 Å². The second kappa shape index (κ2) is 7.48. The lowest BCUT2D eigenvalue weighted by Crippen LogP contribution is -2.36. The van der Waals surface area contributed by atoms with Crippen molar-refractivity contribution in [3.05, 3.63) is 41.2 Å². The van der Waals surface area contributed by atoms with Gasteiger partial charge in [-0.25, -0.2) is 9.97 Å². The zero-order valence-corrected chi connectivity index (χ0v) is 14.8. The first-order chi connectivity index (χ1) is 12.0. The number of aromatic hydroxyl groups is 1. The number of phenolic OH excluding ortho intramolecular Hbond substituents is 1. The lowest BCUT2D eigenvalue weighted by molar-refractivity contribution is 0.122. The average molecular weight is 341 g/mol. The molecule has 7 heteroatoms. The molecule has 2 N–H and O–H groups in total. The predicted molar refractivity (Wildman–Crippen MR) is 98.5 cm³/mol. The summed E-state index contributed by atoms with van der Waals surface area (Å²) in [6.45, 7) is 8.72. The number of anilines is 2. The van der Waals surface area contributed by atoms with E-state index in [1.54, 1.807) is 6.07 Å². The molecule has 0 unspecified atom stereocenters. The minimum absolute atomic E-state index is 0.283. The lowest BCUT2D eigenvalue weighted by atomic mass is 10.1. The van der Waals surface area contributed by atoms with Gasteiger partial charge in [0.15, 0.2) is 5.82 Å². The van der Waals surface area contributed by atoms with Gasteiger partial charge in [0.25, 0.3) is 0 Å². The second-order valence-electron chi connectivity index (χ2n) is 6.07. The van der Waals surface area contributed by atoms with E-state index in [2.05, 4.69) is 25.4 Å². The molecule has 0 saturated carbocycles. The van der Waals surface area contributed by atoms with E-state index in [1.165, 1.54) is 0 Å². The number of benzene rings is 1. The molecule has 1 aliphatic rings. The van der Waals surface area contributed by atoms with E-state index in [-0.39, 0.29) is 5.75 Å². The van der Waals surface area contributed by atoms with E-state index in [9.17, 15) is 5.11 Å². The summed E-state index contributed by atoms with van der Waals surface area (Å²) in [6.07, 6.45) is 0. The van der Waals surface area contributed by atoms with Gasteiger partial charge >= 0.3 is 0 Å². The Labute approximate surface area is 147 Å². The molecule has 2 aromatic rings. The number of rotatable bonds is 4. The highest BCUT2D eigenvalue weighted by atomic mass is 16.5. The van der Waals surface area contributed by atoms with E-state index >= 15 is 0 Å². The summed E-state index contributed by atoms with van der Waals surface area (Å²) in [4.78, 5) is 11.1. The molecular weight excluding hydrogens is 318 g/mol. The van der Waals surface area contributed by atoms with E-state index in [1.807, 2.05) is 39.0 Å². The molecule has 0 spiro atoms. The summed E-state index contributed by atoms with van der Waals surface area (Å²) in [7, 11) is 0. The third-order valence-corrected chi connectivity index (χ3v) is 4.11. The first-order valence-electron chi connectivity index (χ1n) is 8.31. The van der Waals surface area contributed by atoms with Gasteiger partial charge in [-0.15, -0.1) is 0 Å². The highest BCUT2D eigenvalue weighted by Crippen LogP contribution is 2.19. The summed E-state index contributed by atoms with van der Waals surface area (Å²) in [5.74, 6) is 2.52. The Bertz CT molecular complexity index is 785. The smallest absolute Gasteiger partial charge is 0.152 e. The fourth-order valence-electron chi connectivity index (χ4n) is 2.65. The first-order valence-corrected chi connectivity index (χ1v) is 8.31. The minimum Gasteiger partial charge on any atom is -0.508 e. The lowest BCUT2D eigenvalue weighted by Gasteiger charge is -2.28. The van der Waals surface area contributed by atoms with Crippen LogP contribution in [0.2, 0.25) is 0 Å². The van der Waals surface area contributed by atoms with E-state index < -0.39 is 0 Å². The standard InChI is InChI=1S/C18H23N5O2/c1-12-10-15(4-5-16(12)24)13(2)21-22-17-11-18(20-14(3)19-17)23-6-8-25-9-7-23/h4-5,10-11,24H,6-9H2,1-3H3,(H,19,20,22)/b21-13-. The van der Waals surface area contributed by atoms with Crippen LogP contribution in [-0.4, -0.2) is 47.1 Å². The van der Waals surface area contributed by atoms with Gasteiger partial charge in [-0.05, 0) is 50.1 Å². The maximum Gasteiger partial charge on any atom is 0.152 e. The molecule has 0 atom stereocenters. The van der Waals surface area contributed by atoms with Crippen LogP contribution in [-0.2, 0) is 4.74 Å². The van der Waals surface area contributed by atoms with Gasteiger partial charge in [-0.2, -0.15) is 5.10 Å². The molecule has 0 radical (unpaired) electrons. The van der Waals surface area contributed by atoms with Crippen molar-refractivity contribution < 1.29 is 9.84 Å². The van der Waals surface area contributed by atoms with Crippen LogP contribution >= 0.6 is 0 Å². The van der Waals surface area contributed by atoms with Crippen LogP contribution in [0.4, 0.5) is 11.6 Å². The van der Waals surface area contributed by atoms with Crippen molar-refractivity contribution in [2.45, 2.75) is 20.8 Å². The summed E-state index contributed by atoms with van der Waals surface area (Å²) in [6, 6.07) is 7.32. The van der Waals surface area contributed by atoms with Gasteiger partial charge in [-0.1, -0.05) is 0 Å². The molecule has 3 rings (SSSR count). The SMILES string of the molecule is C/C(=N/Nc1cc(N2CCOCC2)nc(C)n1)c1ccc(O)c(C)c1. The van der Waals surface area contributed by atoms with Crippen LogP contribution in [0.15, 0.2) is 29.4 Å². The minimum atomic E-state index is 0.283. The molecule has 2 heterocycles. The third kappa shape index (κ3) is 4.24. The van der Waals surface area contributed by atoms with Gasteiger partial charge in [0.05, 0.1) is 18.9 Å². The molecule has 1 fully saturated rings. The summed E-state index contributed by atoms with van der Waals surface area (Å²) in [5.41, 5.74) is 5.59. The zero-order chi connectivity index (χ0) is 17.8. The van der Waals surface area contributed by atoms with Gasteiger partial charge in [0, 0.05) is 19.2 Å². The van der Waals surface area contributed by atoms with Crippen LogP contribution in [0.5, 0.6) is 5.75 Å². The number of hydrazone groups is 1. The number of aryl methyl sites for hydroxylation is 2. The maximum atomic E-state index is 9.63. The molecule has 1 aromatic heterocycles. The number of hydrogen-bond donors (Lipinski definition) is 2. The zero-order valence-electron chi connectivity index (χ0n) is 14.8. The van der Waals surface area contributed by atoms with Crippen molar-refractivity contribution in [1.29, 1.82) is 0 Å². The van der Waals surface area contributed by atoms with E-state index in [4.69, 9.17) is 4.74 Å². The highest BCUT2D eigenvalue weighted by molar-refractivity contribution is 5.99. The fourth-order valence-corrected chi connectivity index (χ4v) is 2.65. The Morgan fingerprint density at radius 1 is 1.20 bits per heavy atom. The molecule has 0 bridgehead atoms. The number of aromatic nitrogens is 2. The number of morpholine rings is 1. The molecule has 1 aliphatic heterocycles. The molecular formula is C18H23N5O2. The second-order valence-corrected chi connectivity index (χ2v) is 6.07. The van der Waals surface area contributed by atoms with Gasteiger partial charge < -0.3 is 14.7 Å². The van der Waals surface area contributed by atoms with E-state index in [0.717, 1.165) is 35.7 Å². The molecule has 1 aromatic carbocycles. The highest BCUT2D eigenvalue weighted by Gasteiger charge is 2.14. The molecule has 0 aliphatic carbocycles. The monoisotopic (exact) mass is 341 g/mol. The van der Waals surface area contributed by atoms with Crippen LogP contribution in [0.25, 0.3) is 0 Å². The summed E-state index contributed by atoms with van der Waals surface area (Å²) >= 11 is 0. The van der Waals surface area contributed by atoms with Gasteiger partial charge in [-0.3, -0.25) is 5.43 Å². The van der Waals surface area contributed by atoms with Crippen molar-refractivity contribution in [2.75, 3.05) is 36.6 Å². The summed E-state index contributed by atoms with van der Waals surface area (Å²) in [5, 5.41) is 14.0. The van der Waals surface area contributed by atoms with Gasteiger partial charge in [0.1, 0.15) is 17.4 Å². The molecule has 1 saturated heterocycles. The van der Waals surface area contributed by atoms with Crippen LogP contribution in [0.3, 0.4) is 0 Å². The number of hydrogen-bond acceptors (Lipinski definition) is 7. The maximum absolute atomic E-state index is 9.63. The largest absolute Gasteiger partial charge is 0.508 e. The normalized spacial score (nSPS) is 15.3. The van der Waals surface area contributed by atoms with Crippen LogP contribution < -0.4 is 10.3 Å². The van der Waals surface area contributed by atoms with Crippen molar-refractivity contribution >= 4 is 17.3 Å². The van der Waals surface area contributed by atoms with Crippen molar-refractivity contribution in [1.82, 2.24) is 9.97 Å². The first kappa shape index (κ1) is 17.2. The number of phenols is 1. The quantitative estimate of drug-likeness (QED) is 0.657. The molecule has 25 heavy (non-hydrogen) atoms. The topological polar surface area (TPSA) is 82.9 Å². The van der Waals surface area contributed by atoms with Crippen molar-refractivity contribution in [2.24, 2.45) is 5.10 Å². The van der Waals surface area contributed by atoms with Gasteiger partial charge in [0.2, 0.25) is 0 Å². The Kier molecular flexibility index (Phi) is 5.14.